The molecule has 5 heteroatoms. The summed E-state index contributed by atoms with van der Waals surface area (Å²) in [6.07, 6.45) is 3.44. The molecule has 1 aliphatic heterocycles. The molecule has 5 nitrogen and oxygen atoms in total. The Morgan fingerprint density at radius 2 is 2.00 bits per heavy atom. The molecular weight excluding hydrogens is 232 g/mol. The molecule has 1 fully saturated rings. The number of benzene rings is 1. The normalized spacial score (nSPS) is 19.0. The predicted molar refractivity (Wildman–Crippen MR) is 62.0 cm³/mol. The van der Waals surface area contributed by atoms with Gasteiger partial charge in [-0.05, 0) is 12.1 Å². The Balaban J connectivity index is 1.91. The lowest BCUT2D eigenvalue weighted by atomic mass is 10.0. The van der Waals surface area contributed by atoms with E-state index in [-0.39, 0.29) is 6.42 Å². The van der Waals surface area contributed by atoms with E-state index in [0.717, 1.165) is 5.69 Å². The van der Waals surface area contributed by atoms with Crippen molar-refractivity contribution in [2.24, 2.45) is 0 Å². The van der Waals surface area contributed by atoms with Crippen LogP contribution in [-0.2, 0) is 14.3 Å². The molecule has 0 aliphatic carbocycles. The fourth-order valence-electron chi connectivity index (χ4n) is 1.97. The van der Waals surface area contributed by atoms with Gasteiger partial charge >= 0.3 is 11.9 Å². The maximum absolute atomic E-state index is 11.5. The average Bonchev–Trinajstić information content (AvgIpc) is 2.97. The fourth-order valence-corrected chi connectivity index (χ4v) is 1.97. The maximum Gasteiger partial charge on any atom is 0.321 e. The number of rotatable bonds is 2. The van der Waals surface area contributed by atoms with Gasteiger partial charge in [-0.2, -0.15) is 5.10 Å². The Morgan fingerprint density at radius 3 is 2.67 bits per heavy atom. The van der Waals surface area contributed by atoms with Crippen molar-refractivity contribution < 1.29 is 14.3 Å². The van der Waals surface area contributed by atoms with Gasteiger partial charge < -0.3 is 4.74 Å². The Labute approximate surface area is 103 Å². The van der Waals surface area contributed by atoms with Gasteiger partial charge in [-0.1, -0.05) is 18.2 Å². The van der Waals surface area contributed by atoms with Crippen molar-refractivity contribution in [2.45, 2.75) is 12.3 Å². The molecule has 90 valence electrons. The molecule has 1 aromatic heterocycles. The molecule has 0 bridgehead atoms. The van der Waals surface area contributed by atoms with Crippen molar-refractivity contribution in [3.63, 3.8) is 0 Å². The molecule has 1 unspecified atom stereocenters. The number of para-hydroxylation sites is 1. The van der Waals surface area contributed by atoms with Crippen LogP contribution in [0.3, 0.4) is 0 Å². The zero-order valence-corrected chi connectivity index (χ0v) is 9.45. The molecule has 0 N–H and O–H groups in total. The molecule has 1 aromatic carbocycles. The predicted octanol–water partition coefficient (Wildman–Crippen LogP) is 1.43. The van der Waals surface area contributed by atoms with Crippen LogP contribution in [0.25, 0.3) is 5.69 Å². The molecule has 0 spiro atoms. The Bertz CT molecular complexity index is 604. The van der Waals surface area contributed by atoms with Crippen molar-refractivity contribution >= 4 is 11.9 Å². The van der Waals surface area contributed by atoms with E-state index in [1.807, 2.05) is 30.3 Å². The van der Waals surface area contributed by atoms with Crippen molar-refractivity contribution in [2.75, 3.05) is 0 Å². The lowest BCUT2D eigenvalue weighted by Gasteiger charge is -2.00. The number of hydrogen-bond acceptors (Lipinski definition) is 4. The standard InChI is InChI=1S/C13H10N2O3/c16-12-6-11(13(17)18-12)9-7-14-15(8-9)10-4-2-1-3-5-10/h1-5,7-8,11H,6H2. The quantitative estimate of drug-likeness (QED) is 0.590. The number of carbonyl (C=O) groups is 2. The zero-order chi connectivity index (χ0) is 12.5. The summed E-state index contributed by atoms with van der Waals surface area (Å²) in [4.78, 5) is 22.5. The molecule has 0 radical (unpaired) electrons. The second kappa shape index (κ2) is 4.10. The van der Waals surface area contributed by atoms with Crippen LogP contribution in [0.15, 0.2) is 42.7 Å². The van der Waals surface area contributed by atoms with Crippen LogP contribution >= 0.6 is 0 Å². The second-order valence-corrected chi connectivity index (χ2v) is 4.10. The molecule has 1 aliphatic rings. The first kappa shape index (κ1) is 10.7. The smallest absolute Gasteiger partial charge is 0.321 e. The van der Waals surface area contributed by atoms with Gasteiger partial charge in [-0.3, -0.25) is 9.59 Å². The summed E-state index contributed by atoms with van der Waals surface area (Å²) in [6, 6.07) is 9.55. The molecule has 3 rings (SSSR count). The summed E-state index contributed by atoms with van der Waals surface area (Å²) < 4.78 is 6.20. The zero-order valence-electron chi connectivity index (χ0n) is 9.45. The number of ether oxygens (including phenoxy) is 1. The molecule has 2 heterocycles. The third-order valence-corrected chi connectivity index (χ3v) is 2.90. The Kier molecular flexibility index (Phi) is 2.44. The molecular formula is C13H10N2O3. The van der Waals surface area contributed by atoms with Crippen LogP contribution < -0.4 is 0 Å². The summed E-state index contributed by atoms with van der Waals surface area (Å²) in [7, 11) is 0. The number of aromatic nitrogens is 2. The third-order valence-electron chi connectivity index (χ3n) is 2.90. The summed E-state index contributed by atoms with van der Waals surface area (Å²) in [5.74, 6) is -1.49. The topological polar surface area (TPSA) is 61.2 Å². The van der Waals surface area contributed by atoms with Crippen molar-refractivity contribution in [3.05, 3.63) is 48.3 Å². The van der Waals surface area contributed by atoms with E-state index in [1.165, 1.54) is 0 Å². The summed E-state index contributed by atoms with van der Waals surface area (Å²) in [5, 5.41) is 4.19. The Morgan fingerprint density at radius 1 is 1.22 bits per heavy atom. The molecule has 1 atom stereocenters. The lowest BCUT2D eigenvalue weighted by Crippen LogP contribution is -2.04. The highest BCUT2D eigenvalue weighted by molar-refractivity contribution is 5.97. The fraction of sp³-hybridized carbons (Fsp3) is 0.154. The first-order chi connectivity index (χ1) is 8.74. The van der Waals surface area contributed by atoms with E-state index in [2.05, 4.69) is 9.84 Å². The van der Waals surface area contributed by atoms with Crippen LogP contribution in [0.1, 0.15) is 17.9 Å². The monoisotopic (exact) mass is 242 g/mol. The van der Waals surface area contributed by atoms with Gasteiger partial charge in [0.25, 0.3) is 0 Å². The van der Waals surface area contributed by atoms with E-state index in [0.29, 0.717) is 5.56 Å². The number of carbonyl (C=O) groups excluding carboxylic acids is 2. The number of cyclic esters (lactones) is 2. The van der Waals surface area contributed by atoms with Gasteiger partial charge in [0, 0.05) is 11.8 Å². The van der Waals surface area contributed by atoms with Crippen LogP contribution in [0.2, 0.25) is 0 Å². The first-order valence-corrected chi connectivity index (χ1v) is 5.58. The molecule has 1 saturated heterocycles. The minimum absolute atomic E-state index is 0.0965. The van der Waals surface area contributed by atoms with Gasteiger partial charge in [0.1, 0.15) is 0 Å². The van der Waals surface area contributed by atoms with E-state index in [4.69, 9.17) is 0 Å². The van der Waals surface area contributed by atoms with Gasteiger partial charge in [-0.15, -0.1) is 0 Å². The lowest BCUT2D eigenvalue weighted by molar-refractivity contribution is -0.152. The van der Waals surface area contributed by atoms with Crippen molar-refractivity contribution in [3.8, 4) is 5.69 Å². The van der Waals surface area contributed by atoms with E-state index < -0.39 is 17.9 Å². The van der Waals surface area contributed by atoms with Gasteiger partial charge in [0.2, 0.25) is 0 Å². The molecule has 0 saturated carbocycles. The van der Waals surface area contributed by atoms with Gasteiger partial charge in [-0.25, -0.2) is 4.68 Å². The summed E-state index contributed by atoms with van der Waals surface area (Å²) in [6.45, 7) is 0. The molecule has 18 heavy (non-hydrogen) atoms. The minimum Gasteiger partial charge on any atom is -0.393 e. The number of esters is 2. The highest BCUT2D eigenvalue weighted by Gasteiger charge is 2.35. The highest BCUT2D eigenvalue weighted by Crippen LogP contribution is 2.27. The van der Waals surface area contributed by atoms with Crippen LogP contribution in [0.5, 0.6) is 0 Å². The van der Waals surface area contributed by atoms with E-state index in [1.54, 1.807) is 17.1 Å². The number of nitrogens with zero attached hydrogens (tertiary/aromatic N) is 2. The van der Waals surface area contributed by atoms with Crippen LogP contribution in [0.4, 0.5) is 0 Å². The van der Waals surface area contributed by atoms with Crippen LogP contribution in [-0.4, -0.2) is 21.7 Å². The third kappa shape index (κ3) is 1.79. The largest absolute Gasteiger partial charge is 0.393 e. The molecule has 0 amide bonds. The van der Waals surface area contributed by atoms with E-state index >= 15 is 0 Å². The van der Waals surface area contributed by atoms with Crippen molar-refractivity contribution in [1.29, 1.82) is 0 Å². The van der Waals surface area contributed by atoms with Gasteiger partial charge in [0.05, 0.1) is 24.2 Å². The van der Waals surface area contributed by atoms with E-state index in [9.17, 15) is 9.59 Å². The van der Waals surface area contributed by atoms with Gasteiger partial charge in [0.15, 0.2) is 0 Å². The average molecular weight is 242 g/mol. The van der Waals surface area contributed by atoms with Crippen molar-refractivity contribution in [1.82, 2.24) is 9.78 Å². The number of hydrogen-bond donors (Lipinski definition) is 0. The summed E-state index contributed by atoms with van der Waals surface area (Å²) >= 11 is 0. The maximum atomic E-state index is 11.5. The highest BCUT2D eigenvalue weighted by atomic mass is 16.6. The Hall–Kier alpha value is -2.43. The van der Waals surface area contributed by atoms with Crippen LogP contribution in [0, 0.1) is 0 Å². The first-order valence-electron chi connectivity index (χ1n) is 5.58. The second-order valence-electron chi connectivity index (χ2n) is 4.10. The summed E-state index contributed by atoms with van der Waals surface area (Å²) in [5.41, 5.74) is 1.61. The SMILES string of the molecule is O=C1CC(c2cnn(-c3ccccc3)c2)C(=O)O1. The minimum atomic E-state index is -0.519. The molecule has 2 aromatic rings.